The number of benzene rings is 2. The van der Waals surface area contributed by atoms with Crippen molar-refractivity contribution in [1.29, 1.82) is 0 Å². The van der Waals surface area contributed by atoms with Gasteiger partial charge in [0, 0.05) is 35.5 Å². The number of phenols is 1. The van der Waals surface area contributed by atoms with E-state index in [4.69, 9.17) is 0 Å². The van der Waals surface area contributed by atoms with Crippen molar-refractivity contribution in [2.24, 2.45) is 0 Å². The van der Waals surface area contributed by atoms with Crippen molar-refractivity contribution in [2.45, 2.75) is 18.8 Å². The molecule has 128 valence electrons. The lowest BCUT2D eigenvalue weighted by Gasteiger charge is -2.19. The molecule has 0 radical (unpaired) electrons. The lowest BCUT2D eigenvalue weighted by molar-refractivity contribution is 0.468. The number of pyridine rings is 2. The Bertz CT molecular complexity index is 1000. The van der Waals surface area contributed by atoms with Gasteiger partial charge in [-0.3, -0.25) is 9.97 Å². The van der Waals surface area contributed by atoms with E-state index in [0.29, 0.717) is 5.52 Å². The molecule has 1 unspecified atom stereocenters. The normalized spacial score (nSPS) is 12.2. The summed E-state index contributed by atoms with van der Waals surface area (Å²) < 4.78 is 0. The Morgan fingerprint density at radius 2 is 1.69 bits per heavy atom. The molecule has 2 aromatic carbocycles. The van der Waals surface area contributed by atoms with Gasteiger partial charge in [0.05, 0.1) is 0 Å². The Morgan fingerprint density at radius 1 is 0.846 bits per heavy atom. The molecule has 26 heavy (non-hydrogen) atoms. The second kappa shape index (κ2) is 7.36. The minimum absolute atomic E-state index is 0.0651. The van der Waals surface area contributed by atoms with Gasteiger partial charge in [0.15, 0.2) is 0 Å². The zero-order chi connectivity index (χ0) is 17.8. The van der Waals surface area contributed by atoms with Crippen LogP contribution in [0.25, 0.3) is 10.9 Å². The summed E-state index contributed by atoms with van der Waals surface area (Å²) in [5.41, 5.74) is 3.95. The third-order valence-electron chi connectivity index (χ3n) is 4.81. The first-order valence-corrected chi connectivity index (χ1v) is 8.83. The minimum atomic E-state index is 0.0651. The molecular formula is C23H20N2O. The van der Waals surface area contributed by atoms with E-state index >= 15 is 0 Å². The maximum atomic E-state index is 10.9. The molecule has 2 heterocycles. The van der Waals surface area contributed by atoms with Crippen LogP contribution in [0.1, 0.15) is 29.0 Å². The summed E-state index contributed by atoms with van der Waals surface area (Å²) in [5, 5.41) is 11.8. The molecule has 0 saturated carbocycles. The summed E-state index contributed by atoms with van der Waals surface area (Å²) >= 11 is 0. The van der Waals surface area contributed by atoms with Gasteiger partial charge in [0.1, 0.15) is 11.3 Å². The minimum Gasteiger partial charge on any atom is -0.505 e. The zero-order valence-electron chi connectivity index (χ0n) is 14.4. The van der Waals surface area contributed by atoms with E-state index in [0.717, 1.165) is 29.4 Å². The average molecular weight is 340 g/mol. The topological polar surface area (TPSA) is 46.0 Å². The van der Waals surface area contributed by atoms with Crippen molar-refractivity contribution in [2.75, 3.05) is 0 Å². The number of fused-ring (bicyclic) bond motifs is 1. The lowest BCUT2D eigenvalue weighted by atomic mass is 9.86. The van der Waals surface area contributed by atoms with Gasteiger partial charge < -0.3 is 5.11 Å². The molecule has 0 fully saturated rings. The second-order valence-corrected chi connectivity index (χ2v) is 6.44. The highest BCUT2D eigenvalue weighted by Crippen LogP contribution is 2.37. The average Bonchev–Trinajstić information content (AvgIpc) is 2.71. The largest absolute Gasteiger partial charge is 0.505 e. The number of phenolic OH excluding ortho intramolecular Hbond substituents is 1. The molecule has 0 saturated heterocycles. The Morgan fingerprint density at radius 3 is 2.50 bits per heavy atom. The van der Waals surface area contributed by atoms with Crippen molar-refractivity contribution < 1.29 is 5.11 Å². The summed E-state index contributed by atoms with van der Waals surface area (Å²) in [6, 6.07) is 22.4. The second-order valence-electron chi connectivity index (χ2n) is 6.44. The molecule has 2 aromatic heterocycles. The highest BCUT2D eigenvalue weighted by Gasteiger charge is 2.20. The predicted molar refractivity (Wildman–Crippen MR) is 104 cm³/mol. The van der Waals surface area contributed by atoms with Crippen LogP contribution in [0.4, 0.5) is 0 Å². The van der Waals surface area contributed by atoms with Gasteiger partial charge in [0.25, 0.3) is 0 Å². The highest BCUT2D eigenvalue weighted by molar-refractivity contribution is 5.85. The summed E-state index contributed by atoms with van der Waals surface area (Å²) in [7, 11) is 0. The molecule has 3 heteroatoms. The van der Waals surface area contributed by atoms with E-state index in [-0.39, 0.29) is 11.7 Å². The van der Waals surface area contributed by atoms with E-state index < -0.39 is 0 Å². The van der Waals surface area contributed by atoms with E-state index in [9.17, 15) is 5.11 Å². The Balaban J connectivity index is 1.74. The number of hydrogen-bond acceptors (Lipinski definition) is 3. The maximum Gasteiger partial charge on any atom is 0.145 e. The Hall–Kier alpha value is -3.20. The maximum absolute atomic E-state index is 10.9. The van der Waals surface area contributed by atoms with Gasteiger partial charge in [-0.2, -0.15) is 0 Å². The number of rotatable bonds is 5. The van der Waals surface area contributed by atoms with Crippen LogP contribution >= 0.6 is 0 Å². The number of aromatic hydroxyl groups is 1. The summed E-state index contributed by atoms with van der Waals surface area (Å²) in [6.45, 7) is 0. The number of aromatic nitrogens is 2. The quantitative estimate of drug-likeness (QED) is 0.550. The van der Waals surface area contributed by atoms with Crippen LogP contribution in [0.3, 0.4) is 0 Å². The van der Waals surface area contributed by atoms with E-state index in [2.05, 4.69) is 40.3 Å². The van der Waals surface area contributed by atoms with Crippen molar-refractivity contribution in [3.05, 3.63) is 102 Å². The third kappa shape index (κ3) is 3.29. The van der Waals surface area contributed by atoms with Gasteiger partial charge in [-0.05, 0) is 36.1 Å². The van der Waals surface area contributed by atoms with Gasteiger partial charge in [-0.25, -0.2) is 0 Å². The molecule has 0 amide bonds. The fourth-order valence-electron chi connectivity index (χ4n) is 3.47. The molecule has 0 bridgehead atoms. The SMILES string of the molecule is Oc1c(C(CCc2ccccc2)c2cccnc2)ccc2cccnc12. The Labute approximate surface area is 153 Å². The summed E-state index contributed by atoms with van der Waals surface area (Å²) in [4.78, 5) is 8.65. The van der Waals surface area contributed by atoms with Crippen molar-refractivity contribution in [3.8, 4) is 5.75 Å². The zero-order valence-corrected chi connectivity index (χ0v) is 14.4. The molecule has 0 aliphatic rings. The fourth-order valence-corrected chi connectivity index (χ4v) is 3.47. The molecule has 0 aliphatic heterocycles. The van der Waals surface area contributed by atoms with Gasteiger partial charge in [-0.1, -0.05) is 54.6 Å². The molecule has 4 rings (SSSR count). The predicted octanol–water partition coefficient (Wildman–Crippen LogP) is 5.10. The number of nitrogens with zero attached hydrogens (tertiary/aromatic N) is 2. The van der Waals surface area contributed by atoms with Crippen LogP contribution in [0.15, 0.2) is 85.3 Å². The van der Waals surface area contributed by atoms with Gasteiger partial charge >= 0.3 is 0 Å². The highest BCUT2D eigenvalue weighted by atomic mass is 16.3. The lowest BCUT2D eigenvalue weighted by Crippen LogP contribution is -2.04. The monoisotopic (exact) mass is 340 g/mol. The fraction of sp³-hybridized carbons (Fsp3) is 0.130. The molecule has 0 spiro atoms. The Kier molecular flexibility index (Phi) is 4.61. The third-order valence-corrected chi connectivity index (χ3v) is 4.81. The molecular weight excluding hydrogens is 320 g/mol. The first-order valence-electron chi connectivity index (χ1n) is 8.83. The smallest absolute Gasteiger partial charge is 0.145 e. The van der Waals surface area contributed by atoms with Gasteiger partial charge in [0.2, 0.25) is 0 Å². The molecule has 3 nitrogen and oxygen atoms in total. The molecule has 1 N–H and O–H groups in total. The van der Waals surface area contributed by atoms with Crippen LogP contribution in [0.2, 0.25) is 0 Å². The van der Waals surface area contributed by atoms with Crippen molar-refractivity contribution >= 4 is 10.9 Å². The summed E-state index contributed by atoms with van der Waals surface area (Å²) in [6.07, 6.45) is 7.20. The molecule has 1 atom stereocenters. The number of hydrogen-bond donors (Lipinski definition) is 1. The van der Waals surface area contributed by atoms with Crippen LogP contribution in [-0.4, -0.2) is 15.1 Å². The van der Waals surface area contributed by atoms with Gasteiger partial charge in [-0.15, -0.1) is 0 Å². The van der Waals surface area contributed by atoms with Crippen LogP contribution in [0, 0.1) is 0 Å². The standard InChI is InChI=1S/C23H20N2O/c26-23-21(13-11-18-8-5-15-25-22(18)23)20(19-9-4-14-24-16-19)12-10-17-6-2-1-3-7-17/h1-9,11,13-16,20,26H,10,12H2. The van der Waals surface area contributed by atoms with Crippen LogP contribution in [-0.2, 0) is 6.42 Å². The molecule has 4 aromatic rings. The first kappa shape index (κ1) is 16.3. The van der Waals surface area contributed by atoms with E-state index in [1.807, 2.05) is 42.6 Å². The summed E-state index contributed by atoms with van der Waals surface area (Å²) in [5.74, 6) is 0.334. The van der Waals surface area contributed by atoms with Crippen LogP contribution in [0.5, 0.6) is 5.75 Å². The number of aryl methyl sites for hydroxylation is 1. The van der Waals surface area contributed by atoms with E-state index in [1.54, 1.807) is 12.4 Å². The molecule has 0 aliphatic carbocycles. The van der Waals surface area contributed by atoms with Crippen molar-refractivity contribution in [1.82, 2.24) is 9.97 Å². The van der Waals surface area contributed by atoms with E-state index in [1.165, 1.54) is 5.56 Å². The van der Waals surface area contributed by atoms with Crippen molar-refractivity contribution in [3.63, 3.8) is 0 Å². The first-order chi connectivity index (χ1) is 12.8. The van der Waals surface area contributed by atoms with Crippen LogP contribution < -0.4 is 0 Å².